The highest BCUT2D eigenvalue weighted by molar-refractivity contribution is 7.90. The first kappa shape index (κ1) is 30.9. The molecular weight excluding hydrogens is 575 g/mol. The van der Waals surface area contributed by atoms with Crippen molar-refractivity contribution >= 4 is 37.9 Å². The molecule has 4 N–H and O–H groups in total. The molecule has 0 amide bonds. The van der Waals surface area contributed by atoms with E-state index in [1.54, 1.807) is 0 Å². The fourth-order valence-corrected chi connectivity index (χ4v) is 7.89. The van der Waals surface area contributed by atoms with Crippen LogP contribution in [0.5, 0.6) is 0 Å². The number of aromatic nitrogens is 4. The molecule has 4 heterocycles. The average molecular weight is 616 g/mol. The Morgan fingerprint density at radius 1 is 1.07 bits per heavy atom. The van der Waals surface area contributed by atoms with Gasteiger partial charge in [0.25, 0.3) is 15.7 Å². The minimum atomic E-state index is -4.19. The molecule has 1 spiro atoms. The Bertz CT molecular complexity index is 1560. The minimum absolute atomic E-state index is 0.0259. The summed E-state index contributed by atoms with van der Waals surface area (Å²) in [5.74, 6) is 0. The molecule has 4 atom stereocenters. The van der Waals surface area contributed by atoms with Gasteiger partial charge in [0.2, 0.25) is 0 Å². The minimum Gasteiger partial charge on any atom is -0.414 e. The second-order valence-electron chi connectivity index (χ2n) is 13.6. The maximum Gasteiger partial charge on any atom is 0.327 e. The summed E-state index contributed by atoms with van der Waals surface area (Å²) in [5.41, 5.74) is 3.31. The third-order valence-electron chi connectivity index (χ3n) is 8.81. The van der Waals surface area contributed by atoms with Crippen LogP contribution < -0.4 is 17.0 Å². The Morgan fingerprint density at radius 3 is 2.20 bits per heavy atom. The van der Waals surface area contributed by atoms with Gasteiger partial charge in [0.15, 0.2) is 39.6 Å². The van der Waals surface area contributed by atoms with E-state index in [1.807, 2.05) is 33.9 Å². The van der Waals surface area contributed by atoms with Crippen molar-refractivity contribution < 1.29 is 26.2 Å². The summed E-state index contributed by atoms with van der Waals surface area (Å²) < 4.78 is 52.9. The Balaban J connectivity index is 1.93. The van der Waals surface area contributed by atoms with Gasteiger partial charge in [0.05, 0.1) is 24.0 Å². The van der Waals surface area contributed by atoms with Gasteiger partial charge in [-0.25, -0.2) is 14.0 Å². The molecule has 2 aromatic heterocycles. The van der Waals surface area contributed by atoms with Crippen LogP contribution in [0, 0.1) is 0 Å². The maximum atomic E-state index is 12.9. The van der Waals surface area contributed by atoms with Crippen LogP contribution in [-0.4, -0.2) is 69.0 Å². The molecule has 1 fully saturated rings. The van der Waals surface area contributed by atoms with Crippen LogP contribution in [0.4, 0.5) is 0 Å². The van der Waals surface area contributed by atoms with Gasteiger partial charge in [0, 0.05) is 0 Å². The fraction of sp³-hybridized carbons (Fsp3) is 0.708. The smallest absolute Gasteiger partial charge is 0.327 e. The number of hydrogen-bond acceptors (Lipinski definition) is 10. The fourth-order valence-electron chi connectivity index (χ4n) is 4.39. The standard InChI is InChI=1S/C24H41N5O8SSi2/c1-22(2,3)39(7,8)34-11-15-24(14(25)12-38(32,33)37-24)17(36-40(9,10)23(4,5)6)20(35-15)29-13-26-18-16(29)19(30)28-21(31)27-18/h12-13,15,17,20H,11,25H2,1-10H3,(H2,27,28,30,31)/t15?,17-,20+,24?/m0/s1. The molecule has 0 radical (unpaired) electrons. The van der Waals surface area contributed by atoms with E-state index in [1.165, 1.54) is 10.9 Å². The summed E-state index contributed by atoms with van der Waals surface area (Å²) in [6.45, 7) is 20.5. The zero-order valence-electron chi connectivity index (χ0n) is 24.7. The molecule has 1 saturated heterocycles. The molecule has 0 saturated carbocycles. The summed E-state index contributed by atoms with van der Waals surface area (Å²) in [5, 5.41) is 0.458. The van der Waals surface area contributed by atoms with Crippen molar-refractivity contribution in [1.29, 1.82) is 0 Å². The van der Waals surface area contributed by atoms with E-state index in [0.717, 1.165) is 5.41 Å². The number of imidazole rings is 1. The molecule has 2 aliphatic rings. The molecule has 13 nitrogen and oxygen atoms in total. The summed E-state index contributed by atoms with van der Waals surface area (Å²) in [7, 11) is -9.18. The monoisotopic (exact) mass is 615 g/mol. The number of rotatable bonds is 6. The lowest BCUT2D eigenvalue weighted by Gasteiger charge is -2.43. The highest BCUT2D eigenvalue weighted by Gasteiger charge is 2.67. The van der Waals surface area contributed by atoms with Crippen molar-refractivity contribution in [3.63, 3.8) is 0 Å². The average Bonchev–Trinajstić information content (AvgIpc) is 3.37. The van der Waals surface area contributed by atoms with E-state index in [2.05, 4.69) is 48.8 Å². The zero-order valence-corrected chi connectivity index (χ0v) is 27.6. The van der Waals surface area contributed by atoms with Gasteiger partial charge in [-0.2, -0.15) is 8.42 Å². The lowest BCUT2D eigenvalue weighted by molar-refractivity contribution is -0.0534. The van der Waals surface area contributed by atoms with E-state index in [0.29, 0.717) is 0 Å². The second kappa shape index (κ2) is 9.47. The quantitative estimate of drug-likeness (QED) is 0.323. The molecular formula is C24H41N5O8SSi2. The third-order valence-corrected chi connectivity index (χ3v) is 18.8. The first-order valence-electron chi connectivity index (χ1n) is 13.1. The van der Waals surface area contributed by atoms with Crippen LogP contribution in [0.3, 0.4) is 0 Å². The topological polar surface area (TPSA) is 181 Å². The molecule has 16 heteroatoms. The Morgan fingerprint density at radius 2 is 1.68 bits per heavy atom. The summed E-state index contributed by atoms with van der Waals surface area (Å²) >= 11 is 0. The first-order valence-corrected chi connectivity index (χ1v) is 20.4. The predicted molar refractivity (Wildman–Crippen MR) is 155 cm³/mol. The van der Waals surface area contributed by atoms with Crippen LogP contribution in [0.15, 0.2) is 27.0 Å². The Labute approximate surface area is 235 Å². The number of ether oxygens (including phenoxy) is 1. The molecule has 4 rings (SSSR count). The van der Waals surface area contributed by atoms with Crippen molar-refractivity contribution in [1.82, 2.24) is 19.5 Å². The number of H-pyrrole nitrogens is 2. The summed E-state index contributed by atoms with van der Waals surface area (Å²) in [6.07, 6.45) is -1.89. The Hall–Kier alpha value is -2.09. The van der Waals surface area contributed by atoms with Crippen molar-refractivity contribution in [2.24, 2.45) is 5.73 Å². The number of nitrogens with two attached hydrogens (primary N) is 1. The molecule has 2 aromatic rings. The van der Waals surface area contributed by atoms with E-state index < -0.39 is 62.0 Å². The molecule has 0 aliphatic carbocycles. The predicted octanol–water partition coefficient (Wildman–Crippen LogP) is 2.62. The number of nitrogens with zero attached hydrogens (tertiary/aromatic N) is 2. The van der Waals surface area contributed by atoms with Crippen molar-refractivity contribution in [3.05, 3.63) is 38.3 Å². The van der Waals surface area contributed by atoms with Gasteiger partial charge in [0.1, 0.15) is 12.2 Å². The zero-order chi connectivity index (χ0) is 30.3. The van der Waals surface area contributed by atoms with Crippen LogP contribution in [0.1, 0.15) is 47.8 Å². The largest absolute Gasteiger partial charge is 0.414 e. The van der Waals surface area contributed by atoms with Crippen LogP contribution >= 0.6 is 0 Å². The number of nitrogens with one attached hydrogen (secondary N) is 2. The first-order chi connectivity index (χ1) is 18.0. The van der Waals surface area contributed by atoms with Gasteiger partial charge >= 0.3 is 5.69 Å². The summed E-state index contributed by atoms with van der Waals surface area (Å²) in [6, 6.07) is 0. The molecule has 0 bridgehead atoms. The van der Waals surface area contributed by atoms with Crippen LogP contribution in [0.25, 0.3) is 11.2 Å². The van der Waals surface area contributed by atoms with E-state index in [4.69, 9.17) is 23.5 Å². The van der Waals surface area contributed by atoms with Gasteiger partial charge < -0.3 is 19.3 Å². The molecule has 0 aromatic carbocycles. The van der Waals surface area contributed by atoms with Crippen LogP contribution in [0.2, 0.25) is 36.3 Å². The van der Waals surface area contributed by atoms with Crippen molar-refractivity contribution in [2.75, 3.05) is 6.61 Å². The number of aromatic amines is 2. The highest BCUT2D eigenvalue weighted by Crippen LogP contribution is 2.52. The maximum absolute atomic E-state index is 12.9. The molecule has 2 unspecified atom stereocenters. The van der Waals surface area contributed by atoms with Crippen molar-refractivity contribution in [3.8, 4) is 0 Å². The summed E-state index contributed by atoms with van der Waals surface area (Å²) in [4.78, 5) is 33.7. The van der Waals surface area contributed by atoms with Gasteiger partial charge in [-0.3, -0.25) is 19.3 Å². The molecule has 224 valence electrons. The lowest BCUT2D eigenvalue weighted by atomic mass is 9.89. The van der Waals surface area contributed by atoms with Gasteiger partial charge in [-0.1, -0.05) is 41.5 Å². The number of hydrogen-bond donors (Lipinski definition) is 3. The SMILES string of the molecule is CC(C)(C)[Si](C)(C)OCC1O[C@@H](n2cnc3[nH]c(=O)[nH]c(=O)c32)[C@H](O[Si](C)(C)C(C)(C)C)C12OS(=O)(=O)C=C2N. The normalized spacial score (nSPS) is 27.6. The molecule has 40 heavy (non-hydrogen) atoms. The van der Waals surface area contributed by atoms with Gasteiger partial charge in [-0.15, -0.1) is 0 Å². The van der Waals surface area contributed by atoms with Crippen LogP contribution in [-0.2, 0) is 27.9 Å². The second-order valence-corrected chi connectivity index (χ2v) is 24.5. The van der Waals surface area contributed by atoms with E-state index in [9.17, 15) is 18.0 Å². The molecule has 2 aliphatic heterocycles. The number of fused-ring (bicyclic) bond motifs is 1. The van der Waals surface area contributed by atoms with Gasteiger partial charge in [-0.05, 0) is 36.3 Å². The van der Waals surface area contributed by atoms with E-state index >= 15 is 0 Å². The highest BCUT2D eigenvalue weighted by atomic mass is 32.2. The third kappa shape index (κ3) is 5.07. The van der Waals surface area contributed by atoms with E-state index in [-0.39, 0.29) is 33.5 Å². The Kier molecular flexibility index (Phi) is 7.31. The lowest BCUT2D eigenvalue weighted by Crippen LogP contribution is -2.59. The van der Waals surface area contributed by atoms with Crippen molar-refractivity contribution in [2.45, 2.75) is 102 Å².